The highest BCUT2D eigenvalue weighted by atomic mass is 32.2. The predicted molar refractivity (Wildman–Crippen MR) is 106 cm³/mol. The summed E-state index contributed by atoms with van der Waals surface area (Å²) in [5.74, 6) is 3.66. The summed E-state index contributed by atoms with van der Waals surface area (Å²) in [4.78, 5) is 23.3. The summed E-state index contributed by atoms with van der Waals surface area (Å²) in [6, 6.07) is 3.46. The highest BCUT2D eigenvalue weighted by molar-refractivity contribution is 7.99. The number of amides is 1. The molecule has 3 rings (SSSR count). The molecule has 26 heavy (non-hydrogen) atoms. The van der Waals surface area contributed by atoms with Crippen LogP contribution in [0.1, 0.15) is 17.0 Å². The van der Waals surface area contributed by atoms with Gasteiger partial charge in [-0.15, -0.1) is 0 Å². The van der Waals surface area contributed by atoms with Crippen molar-refractivity contribution in [3.05, 3.63) is 24.2 Å². The standard InChI is InChI=1S/C18H29N5O2S/c1-19-17(20-13-18(21(2)3)6-12-26-14-18)23-9-7-22(8-10-23)16(24)15-5-4-11-25-15/h4-5,11H,6-10,12-14H2,1-3H3,(H,19,20). The van der Waals surface area contributed by atoms with Crippen LogP contribution >= 0.6 is 11.8 Å². The van der Waals surface area contributed by atoms with Crippen LogP contribution < -0.4 is 5.32 Å². The second-order valence-electron chi connectivity index (χ2n) is 7.08. The summed E-state index contributed by atoms with van der Waals surface area (Å²) >= 11 is 2.02. The van der Waals surface area contributed by atoms with Crippen molar-refractivity contribution in [2.45, 2.75) is 12.0 Å². The summed E-state index contributed by atoms with van der Waals surface area (Å²) in [6.07, 6.45) is 2.73. The van der Waals surface area contributed by atoms with E-state index in [0.717, 1.165) is 31.3 Å². The Labute approximate surface area is 159 Å². The van der Waals surface area contributed by atoms with Gasteiger partial charge < -0.3 is 24.4 Å². The Kier molecular flexibility index (Phi) is 6.13. The monoisotopic (exact) mass is 379 g/mol. The van der Waals surface area contributed by atoms with Crippen molar-refractivity contribution in [2.75, 3.05) is 65.4 Å². The molecule has 7 nitrogen and oxygen atoms in total. The smallest absolute Gasteiger partial charge is 0.289 e. The lowest BCUT2D eigenvalue weighted by molar-refractivity contribution is 0.0657. The molecule has 0 radical (unpaired) electrons. The van der Waals surface area contributed by atoms with Crippen molar-refractivity contribution < 1.29 is 9.21 Å². The molecule has 0 aliphatic carbocycles. The van der Waals surface area contributed by atoms with Crippen molar-refractivity contribution in [2.24, 2.45) is 4.99 Å². The van der Waals surface area contributed by atoms with Gasteiger partial charge in [0.15, 0.2) is 11.7 Å². The zero-order chi connectivity index (χ0) is 18.6. The van der Waals surface area contributed by atoms with E-state index >= 15 is 0 Å². The predicted octanol–water partition coefficient (Wildman–Crippen LogP) is 1.05. The Morgan fingerprint density at radius 3 is 2.62 bits per heavy atom. The number of piperazine rings is 1. The maximum absolute atomic E-state index is 12.4. The number of furan rings is 1. The van der Waals surface area contributed by atoms with E-state index in [-0.39, 0.29) is 11.4 Å². The van der Waals surface area contributed by atoms with Crippen LogP contribution in [0.15, 0.2) is 27.8 Å². The minimum atomic E-state index is -0.0351. The summed E-state index contributed by atoms with van der Waals surface area (Å²) in [5, 5.41) is 3.57. The normalized spacial score (nSPS) is 24.4. The van der Waals surface area contributed by atoms with Gasteiger partial charge in [-0.1, -0.05) is 0 Å². The first-order valence-electron chi connectivity index (χ1n) is 9.09. The van der Waals surface area contributed by atoms with Crippen LogP contribution in [0, 0.1) is 0 Å². The SMILES string of the molecule is CN=C(NCC1(N(C)C)CCSC1)N1CCN(C(=O)c2ccco2)CC1. The molecule has 1 unspecified atom stereocenters. The minimum Gasteiger partial charge on any atom is -0.459 e. The quantitative estimate of drug-likeness (QED) is 0.623. The first kappa shape index (κ1) is 19.1. The molecule has 2 saturated heterocycles. The van der Waals surface area contributed by atoms with E-state index in [1.165, 1.54) is 18.4 Å². The number of hydrogen-bond donors (Lipinski definition) is 1. The Morgan fingerprint density at radius 2 is 2.08 bits per heavy atom. The van der Waals surface area contributed by atoms with Gasteiger partial charge in [0.25, 0.3) is 5.91 Å². The number of nitrogens with zero attached hydrogens (tertiary/aromatic N) is 4. The largest absolute Gasteiger partial charge is 0.459 e. The summed E-state index contributed by atoms with van der Waals surface area (Å²) in [6.45, 7) is 3.79. The van der Waals surface area contributed by atoms with Gasteiger partial charge in [-0.25, -0.2) is 0 Å². The molecule has 1 N–H and O–H groups in total. The number of likely N-dealkylation sites (N-methyl/N-ethyl adjacent to an activating group) is 1. The fourth-order valence-corrected chi connectivity index (χ4v) is 5.05. The van der Waals surface area contributed by atoms with Crippen molar-refractivity contribution >= 4 is 23.6 Å². The van der Waals surface area contributed by atoms with Gasteiger partial charge in [0.1, 0.15) is 0 Å². The van der Waals surface area contributed by atoms with Gasteiger partial charge >= 0.3 is 0 Å². The van der Waals surface area contributed by atoms with E-state index in [0.29, 0.717) is 18.8 Å². The fraction of sp³-hybridized carbons (Fsp3) is 0.667. The van der Waals surface area contributed by atoms with E-state index in [9.17, 15) is 4.79 Å². The van der Waals surface area contributed by atoms with E-state index in [4.69, 9.17) is 4.42 Å². The summed E-state index contributed by atoms with van der Waals surface area (Å²) < 4.78 is 5.23. The van der Waals surface area contributed by atoms with Crippen LogP contribution in [-0.2, 0) is 0 Å². The van der Waals surface area contributed by atoms with Crippen molar-refractivity contribution in [3.63, 3.8) is 0 Å². The molecule has 2 fully saturated rings. The molecule has 1 aromatic rings. The lowest BCUT2D eigenvalue weighted by atomic mass is 9.97. The molecule has 2 aliphatic rings. The average molecular weight is 380 g/mol. The third-order valence-corrected chi connectivity index (χ3v) is 6.65. The van der Waals surface area contributed by atoms with Gasteiger partial charge in [-0.2, -0.15) is 11.8 Å². The van der Waals surface area contributed by atoms with Crippen molar-refractivity contribution in [3.8, 4) is 0 Å². The zero-order valence-corrected chi connectivity index (χ0v) is 16.7. The van der Waals surface area contributed by atoms with E-state index in [1.54, 1.807) is 12.1 Å². The van der Waals surface area contributed by atoms with Crippen LogP contribution in [0.25, 0.3) is 0 Å². The van der Waals surface area contributed by atoms with E-state index < -0.39 is 0 Å². The van der Waals surface area contributed by atoms with E-state index in [2.05, 4.69) is 34.2 Å². The number of thioether (sulfide) groups is 1. The summed E-state index contributed by atoms with van der Waals surface area (Å²) in [7, 11) is 6.15. The van der Waals surface area contributed by atoms with Crippen LogP contribution in [0.2, 0.25) is 0 Å². The van der Waals surface area contributed by atoms with E-state index in [1.807, 2.05) is 23.7 Å². The maximum atomic E-state index is 12.4. The number of aliphatic imine (C=N–C) groups is 1. The molecule has 1 amide bonds. The number of hydrogen-bond acceptors (Lipinski definition) is 5. The zero-order valence-electron chi connectivity index (χ0n) is 15.9. The highest BCUT2D eigenvalue weighted by Crippen LogP contribution is 2.31. The highest BCUT2D eigenvalue weighted by Gasteiger charge is 2.37. The summed E-state index contributed by atoms with van der Waals surface area (Å²) in [5.41, 5.74) is 0.192. The van der Waals surface area contributed by atoms with Gasteiger partial charge in [0.2, 0.25) is 0 Å². The molecule has 0 spiro atoms. The lowest BCUT2D eigenvalue weighted by Crippen LogP contribution is -2.58. The van der Waals surface area contributed by atoms with Crippen molar-refractivity contribution in [1.29, 1.82) is 0 Å². The minimum absolute atomic E-state index is 0.0351. The second kappa shape index (κ2) is 8.35. The number of nitrogens with one attached hydrogen (secondary N) is 1. The number of rotatable bonds is 4. The van der Waals surface area contributed by atoms with Crippen LogP contribution in [0.5, 0.6) is 0 Å². The third kappa shape index (κ3) is 4.01. The fourth-order valence-electron chi connectivity index (χ4n) is 3.50. The van der Waals surface area contributed by atoms with Crippen LogP contribution in [0.3, 0.4) is 0 Å². The molecule has 0 aromatic carbocycles. The number of carbonyl (C=O) groups is 1. The molecule has 144 valence electrons. The molecule has 1 aromatic heterocycles. The topological polar surface area (TPSA) is 64.3 Å². The Bertz CT molecular complexity index is 618. The Morgan fingerprint density at radius 1 is 1.35 bits per heavy atom. The third-order valence-electron chi connectivity index (χ3n) is 5.42. The molecule has 0 bridgehead atoms. The average Bonchev–Trinajstić information content (AvgIpc) is 3.35. The van der Waals surface area contributed by atoms with Crippen LogP contribution in [-0.4, -0.2) is 97.5 Å². The number of carbonyl (C=O) groups excluding carboxylic acids is 1. The number of guanidine groups is 1. The molecular formula is C18H29N5O2S. The Balaban J connectivity index is 1.53. The van der Waals surface area contributed by atoms with Crippen molar-refractivity contribution in [1.82, 2.24) is 20.0 Å². The molecule has 2 aliphatic heterocycles. The lowest BCUT2D eigenvalue weighted by Gasteiger charge is -2.39. The molecular weight excluding hydrogens is 350 g/mol. The maximum Gasteiger partial charge on any atom is 0.289 e. The first-order chi connectivity index (χ1) is 12.6. The first-order valence-corrected chi connectivity index (χ1v) is 10.2. The molecule has 8 heteroatoms. The van der Waals surface area contributed by atoms with Gasteiger partial charge in [-0.3, -0.25) is 9.79 Å². The Hall–Kier alpha value is -1.67. The van der Waals surface area contributed by atoms with Crippen LogP contribution in [0.4, 0.5) is 0 Å². The van der Waals surface area contributed by atoms with Gasteiger partial charge in [-0.05, 0) is 38.4 Å². The van der Waals surface area contributed by atoms with Gasteiger partial charge in [0.05, 0.1) is 6.26 Å². The molecule has 1 atom stereocenters. The van der Waals surface area contributed by atoms with Gasteiger partial charge in [0, 0.05) is 51.1 Å². The molecule has 0 saturated carbocycles. The molecule has 3 heterocycles. The second-order valence-corrected chi connectivity index (χ2v) is 8.18.